The van der Waals surface area contributed by atoms with Crippen molar-refractivity contribution in [3.8, 4) is 0 Å². The van der Waals surface area contributed by atoms with E-state index in [9.17, 15) is 19.5 Å². The van der Waals surface area contributed by atoms with Gasteiger partial charge in [0.15, 0.2) is 11.6 Å². The summed E-state index contributed by atoms with van der Waals surface area (Å²) in [6.45, 7) is 0. The summed E-state index contributed by atoms with van der Waals surface area (Å²) in [5, 5.41) is 9.21. The fraction of sp³-hybridized carbons (Fsp3) is 0.211. The molecule has 0 heterocycles. The number of fused-ring (bicyclic) bond motifs is 3. The van der Waals surface area contributed by atoms with Gasteiger partial charge < -0.3 is 5.11 Å². The Morgan fingerprint density at radius 2 is 1.48 bits per heavy atom. The van der Waals surface area contributed by atoms with Gasteiger partial charge in [-0.2, -0.15) is 0 Å². The van der Waals surface area contributed by atoms with Crippen LogP contribution in [0.2, 0.25) is 0 Å². The zero-order chi connectivity index (χ0) is 16.1. The molecule has 1 atom stereocenters. The average molecular weight is 306 g/mol. The zero-order valence-electron chi connectivity index (χ0n) is 12.3. The van der Waals surface area contributed by atoms with Crippen molar-refractivity contribution in [3.63, 3.8) is 0 Å². The summed E-state index contributed by atoms with van der Waals surface area (Å²) in [6, 6.07) is 10.4. The average Bonchev–Trinajstić information content (AvgIpc) is 2.58. The third-order valence-corrected chi connectivity index (χ3v) is 4.82. The second kappa shape index (κ2) is 4.88. The molecule has 0 saturated heterocycles. The van der Waals surface area contributed by atoms with Crippen LogP contribution in [0.25, 0.3) is 0 Å². The van der Waals surface area contributed by atoms with E-state index < -0.39 is 11.9 Å². The Morgan fingerprint density at radius 3 is 2.04 bits per heavy atom. The van der Waals surface area contributed by atoms with E-state index in [1.165, 1.54) is 0 Å². The van der Waals surface area contributed by atoms with Gasteiger partial charge in [-0.1, -0.05) is 24.3 Å². The Kier molecular flexibility index (Phi) is 2.94. The largest absolute Gasteiger partial charge is 0.481 e. The molecule has 2 aliphatic carbocycles. The Morgan fingerprint density at radius 1 is 0.913 bits per heavy atom. The molecule has 0 radical (unpaired) electrons. The molecule has 114 valence electrons. The van der Waals surface area contributed by atoms with Gasteiger partial charge in [-0.05, 0) is 42.5 Å². The maximum absolute atomic E-state index is 12.7. The Balaban J connectivity index is 1.85. The highest BCUT2D eigenvalue weighted by Crippen LogP contribution is 2.33. The smallest absolute Gasteiger partial charge is 0.306 e. The lowest BCUT2D eigenvalue weighted by Gasteiger charge is -2.25. The van der Waals surface area contributed by atoms with E-state index in [4.69, 9.17) is 0 Å². The lowest BCUT2D eigenvalue weighted by molar-refractivity contribution is -0.142. The quantitative estimate of drug-likeness (QED) is 0.750. The third-order valence-electron chi connectivity index (χ3n) is 4.82. The summed E-state index contributed by atoms with van der Waals surface area (Å²) in [6.07, 6.45) is 1.61. The van der Waals surface area contributed by atoms with Gasteiger partial charge in [0, 0.05) is 22.3 Å². The number of carbonyl (C=O) groups is 3. The summed E-state index contributed by atoms with van der Waals surface area (Å²) in [5.41, 5.74) is 3.59. The minimum absolute atomic E-state index is 0.127. The van der Waals surface area contributed by atoms with Gasteiger partial charge in [0.25, 0.3) is 0 Å². The van der Waals surface area contributed by atoms with Crippen molar-refractivity contribution in [2.24, 2.45) is 5.92 Å². The summed E-state index contributed by atoms with van der Waals surface area (Å²) < 4.78 is 0. The Hall–Kier alpha value is -2.75. The summed E-state index contributed by atoms with van der Waals surface area (Å²) in [7, 11) is 0. The number of carboxylic acid groups (broad SMARTS) is 1. The molecule has 0 spiro atoms. The van der Waals surface area contributed by atoms with E-state index >= 15 is 0 Å². The zero-order valence-corrected chi connectivity index (χ0v) is 12.3. The van der Waals surface area contributed by atoms with Gasteiger partial charge >= 0.3 is 5.97 Å². The van der Waals surface area contributed by atoms with Crippen molar-refractivity contribution in [1.82, 2.24) is 0 Å². The molecule has 2 aromatic carbocycles. The van der Waals surface area contributed by atoms with Crippen molar-refractivity contribution in [2.75, 3.05) is 0 Å². The monoisotopic (exact) mass is 306 g/mol. The van der Waals surface area contributed by atoms with Gasteiger partial charge in [-0.3, -0.25) is 14.4 Å². The predicted molar refractivity (Wildman–Crippen MR) is 82.9 cm³/mol. The van der Waals surface area contributed by atoms with Gasteiger partial charge in [0.1, 0.15) is 0 Å². The SMILES string of the molecule is O=C1c2ccccc2C(=O)c2cc3c(cc21)CCC(C(=O)O)C3. The number of ketones is 2. The van der Waals surface area contributed by atoms with Crippen LogP contribution in [0.5, 0.6) is 0 Å². The first kappa shape index (κ1) is 13.9. The minimum Gasteiger partial charge on any atom is -0.481 e. The topological polar surface area (TPSA) is 71.4 Å². The molecule has 2 aliphatic rings. The molecule has 0 fully saturated rings. The fourth-order valence-corrected chi connectivity index (χ4v) is 3.57. The number of benzene rings is 2. The van der Waals surface area contributed by atoms with Crippen molar-refractivity contribution in [1.29, 1.82) is 0 Å². The molecule has 0 amide bonds. The highest BCUT2D eigenvalue weighted by Gasteiger charge is 2.32. The Bertz CT molecular complexity index is 879. The molecule has 0 aliphatic heterocycles. The van der Waals surface area contributed by atoms with Gasteiger partial charge in [-0.25, -0.2) is 0 Å². The van der Waals surface area contributed by atoms with Gasteiger partial charge in [0.2, 0.25) is 0 Å². The first-order chi connectivity index (χ1) is 11.1. The van der Waals surface area contributed by atoms with Crippen molar-refractivity contribution in [2.45, 2.75) is 19.3 Å². The van der Waals surface area contributed by atoms with Crippen molar-refractivity contribution >= 4 is 17.5 Å². The van der Waals surface area contributed by atoms with Gasteiger partial charge in [-0.15, -0.1) is 0 Å². The predicted octanol–water partition coefficient (Wildman–Crippen LogP) is 2.65. The highest BCUT2D eigenvalue weighted by atomic mass is 16.4. The van der Waals surface area contributed by atoms with E-state index in [1.807, 2.05) is 0 Å². The summed E-state index contributed by atoms with van der Waals surface area (Å²) in [5.74, 6) is -1.50. The lowest BCUT2D eigenvalue weighted by atomic mass is 9.77. The van der Waals surface area contributed by atoms with Crippen molar-refractivity contribution in [3.05, 3.63) is 69.8 Å². The van der Waals surface area contributed by atoms with Crippen LogP contribution in [0.15, 0.2) is 36.4 Å². The molecule has 1 unspecified atom stereocenters. The van der Waals surface area contributed by atoms with Crippen LogP contribution in [0, 0.1) is 5.92 Å². The number of aryl methyl sites for hydroxylation is 1. The maximum atomic E-state index is 12.7. The second-order valence-corrected chi connectivity index (χ2v) is 6.15. The third kappa shape index (κ3) is 2.02. The van der Waals surface area contributed by atoms with E-state index in [0.29, 0.717) is 41.5 Å². The van der Waals surface area contributed by atoms with Crippen LogP contribution >= 0.6 is 0 Å². The normalized spacial score (nSPS) is 18.9. The first-order valence-corrected chi connectivity index (χ1v) is 7.63. The van der Waals surface area contributed by atoms with Gasteiger partial charge in [0.05, 0.1) is 5.92 Å². The first-order valence-electron chi connectivity index (χ1n) is 7.63. The number of hydrogen-bond acceptors (Lipinski definition) is 3. The number of rotatable bonds is 1. The molecule has 2 aromatic rings. The number of carboxylic acids is 1. The minimum atomic E-state index is -0.805. The lowest BCUT2D eigenvalue weighted by Crippen LogP contribution is -2.25. The molecular formula is C19H14O4. The van der Waals surface area contributed by atoms with Crippen LogP contribution in [0.3, 0.4) is 0 Å². The number of hydrogen-bond donors (Lipinski definition) is 1. The van der Waals surface area contributed by atoms with E-state index in [-0.39, 0.29) is 11.6 Å². The maximum Gasteiger partial charge on any atom is 0.306 e. The van der Waals surface area contributed by atoms with Crippen molar-refractivity contribution < 1.29 is 19.5 Å². The molecule has 4 heteroatoms. The van der Waals surface area contributed by atoms with Crippen LogP contribution < -0.4 is 0 Å². The summed E-state index contributed by atoms with van der Waals surface area (Å²) >= 11 is 0. The molecule has 1 N–H and O–H groups in total. The second-order valence-electron chi connectivity index (χ2n) is 6.15. The molecule has 0 bridgehead atoms. The summed E-state index contributed by atoms with van der Waals surface area (Å²) in [4.78, 5) is 36.6. The number of carbonyl (C=O) groups excluding carboxylic acids is 2. The highest BCUT2D eigenvalue weighted by molar-refractivity contribution is 6.28. The van der Waals surface area contributed by atoms with Crippen LogP contribution in [0.4, 0.5) is 0 Å². The fourth-order valence-electron chi connectivity index (χ4n) is 3.57. The standard InChI is InChI=1S/C19H14O4/c20-17-13-3-1-2-4-14(13)18(21)16-9-12-7-11(19(22)23)6-5-10(12)8-15(16)17/h1-4,8-9,11H,5-7H2,(H,22,23). The van der Waals surface area contributed by atoms with Crippen LogP contribution in [-0.2, 0) is 17.6 Å². The molecular weight excluding hydrogens is 292 g/mol. The van der Waals surface area contributed by atoms with E-state index in [2.05, 4.69) is 0 Å². The molecule has 0 saturated carbocycles. The molecule has 4 rings (SSSR count). The molecule has 23 heavy (non-hydrogen) atoms. The van der Waals surface area contributed by atoms with Crippen LogP contribution in [-0.4, -0.2) is 22.6 Å². The molecule has 0 aromatic heterocycles. The van der Waals surface area contributed by atoms with Crippen LogP contribution in [0.1, 0.15) is 49.4 Å². The number of aliphatic carboxylic acids is 1. The Labute approximate surface area is 132 Å². The van der Waals surface area contributed by atoms with E-state index in [1.54, 1.807) is 36.4 Å². The van der Waals surface area contributed by atoms with E-state index in [0.717, 1.165) is 11.1 Å². The molecule has 4 nitrogen and oxygen atoms in total.